The highest BCUT2D eigenvalue weighted by Gasteiger charge is 2.18. The number of carbonyl (C=O) groups excluding carboxylic acids is 2. The van der Waals surface area contributed by atoms with Crippen LogP contribution in [0.4, 0.5) is 0 Å². The van der Waals surface area contributed by atoms with Gasteiger partial charge in [-0.15, -0.1) is 0 Å². The van der Waals surface area contributed by atoms with Gasteiger partial charge in [-0.05, 0) is 130 Å². The van der Waals surface area contributed by atoms with Crippen LogP contribution in [0.5, 0.6) is 0 Å². The first kappa shape index (κ1) is 36.6. The highest BCUT2D eigenvalue weighted by atomic mass is 16.2. The minimum absolute atomic E-state index is 0.0252. The van der Waals surface area contributed by atoms with Crippen molar-refractivity contribution in [2.45, 2.75) is 76.3 Å². The number of nitrogens with one attached hydrogen (secondary N) is 6. The van der Waals surface area contributed by atoms with Crippen LogP contribution in [0.15, 0.2) is 0 Å². The summed E-state index contributed by atoms with van der Waals surface area (Å²) in [4.78, 5) is 25.4. The molecule has 226 valence electrons. The molecule has 0 radical (unpaired) electrons. The molecule has 0 aliphatic carbocycles. The predicted molar refractivity (Wildman–Crippen MR) is 158 cm³/mol. The fraction of sp³-hybridized carbons (Fsp3) is 0.923. The number of amides is 2. The third-order valence-electron chi connectivity index (χ3n) is 6.19. The zero-order valence-electron chi connectivity index (χ0n) is 23.8. The van der Waals surface area contributed by atoms with Crippen LogP contribution < -0.4 is 54.8 Å². The van der Waals surface area contributed by atoms with Gasteiger partial charge in [-0.2, -0.15) is 0 Å². The van der Waals surface area contributed by atoms with Crippen LogP contribution in [0.25, 0.3) is 0 Å². The number of hydrogen-bond acceptors (Lipinski definition) is 10. The van der Waals surface area contributed by atoms with Crippen molar-refractivity contribution < 1.29 is 9.59 Å². The van der Waals surface area contributed by atoms with Gasteiger partial charge in [-0.1, -0.05) is 0 Å². The molecule has 0 aliphatic heterocycles. The van der Waals surface area contributed by atoms with Crippen LogP contribution in [0, 0.1) is 0 Å². The van der Waals surface area contributed by atoms with Crippen LogP contribution in [0.1, 0.15) is 64.2 Å². The average molecular weight is 545 g/mol. The first-order valence-electron chi connectivity index (χ1n) is 14.8. The summed E-state index contributed by atoms with van der Waals surface area (Å²) < 4.78 is 0. The molecule has 14 N–H and O–H groups in total. The Bertz CT molecular complexity index is 496. The Labute approximate surface area is 231 Å². The Kier molecular flexibility index (Phi) is 27.6. The Morgan fingerprint density at radius 2 is 0.789 bits per heavy atom. The minimum atomic E-state index is -0.220. The second-order valence-electron chi connectivity index (χ2n) is 9.66. The molecular formula is C26H60N10O2. The Morgan fingerprint density at radius 3 is 1.16 bits per heavy atom. The van der Waals surface area contributed by atoms with E-state index < -0.39 is 0 Å². The molecule has 0 saturated carbocycles. The maximum atomic E-state index is 12.7. The molecule has 0 fully saturated rings. The highest BCUT2D eigenvalue weighted by molar-refractivity contribution is 5.82. The van der Waals surface area contributed by atoms with Crippen molar-refractivity contribution in [3.63, 3.8) is 0 Å². The molecule has 0 aromatic carbocycles. The number of nitrogens with two attached hydrogens (primary N) is 4. The maximum Gasteiger partial charge on any atom is 0.237 e. The fourth-order valence-electron chi connectivity index (χ4n) is 3.89. The molecule has 2 unspecified atom stereocenters. The lowest BCUT2D eigenvalue weighted by Gasteiger charge is -2.19. The third kappa shape index (κ3) is 22.6. The molecule has 0 bridgehead atoms. The lowest BCUT2D eigenvalue weighted by atomic mass is 10.1. The average Bonchev–Trinajstić information content (AvgIpc) is 2.92. The molecule has 0 aromatic heterocycles. The van der Waals surface area contributed by atoms with Gasteiger partial charge in [0.25, 0.3) is 0 Å². The van der Waals surface area contributed by atoms with E-state index in [2.05, 4.69) is 31.9 Å². The van der Waals surface area contributed by atoms with E-state index in [0.717, 1.165) is 103 Å². The van der Waals surface area contributed by atoms with Gasteiger partial charge >= 0.3 is 0 Å². The van der Waals surface area contributed by atoms with Gasteiger partial charge in [0.1, 0.15) is 0 Å². The van der Waals surface area contributed by atoms with E-state index in [1.54, 1.807) is 0 Å². The summed E-state index contributed by atoms with van der Waals surface area (Å²) in [5.74, 6) is 0.0505. The Hall–Kier alpha value is -1.38. The van der Waals surface area contributed by atoms with E-state index in [1.807, 2.05) is 0 Å². The predicted octanol–water partition coefficient (Wildman–Crippen LogP) is -1.95. The Morgan fingerprint density at radius 1 is 0.447 bits per heavy atom. The summed E-state index contributed by atoms with van der Waals surface area (Å²) in [7, 11) is 0. The molecule has 0 aromatic rings. The molecule has 2 amide bonds. The van der Waals surface area contributed by atoms with Crippen molar-refractivity contribution >= 4 is 11.8 Å². The zero-order valence-corrected chi connectivity index (χ0v) is 23.8. The zero-order chi connectivity index (χ0) is 28.1. The van der Waals surface area contributed by atoms with Crippen molar-refractivity contribution in [3.05, 3.63) is 0 Å². The van der Waals surface area contributed by atoms with Crippen molar-refractivity contribution in [1.29, 1.82) is 0 Å². The van der Waals surface area contributed by atoms with Crippen molar-refractivity contribution in [2.24, 2.45) is 22.9 Å². The first-order chi connectivity index (χ1) is 18.6. The molecular weight excluding hydrogens is 484 g/mol. The van der Waals surface area contributed by atoms with Crippen LogP contribution in [-0.4, -0.2) is 102 Å². The van der Waals surface area contributed by atoms with Crippen LogP contribution in [0.2, 0.25) is 0 Å². The summed E-state index contributed by atoms with van der Waals surface area (Å²) >= 11 is 0. The fourth-order valence-corrected chi connectivity index (χ4v) is 3.89. The van der Waals surface area contributed by atoms with E-state index in [4.69, 9.17) is 22.9 Å². The van der Waals surface area contributed by atoms with E-state index in [1.165, 1.54) is 0 Å². The quantitative estimate of drug-likeness (QED) is 0.0470. The minimum Gasteiger partial charge on any atom is -0.355 e. The van der Waals surface area contributed by atoms with Crippen molar-refractivity contribution in [3.8, 4) is 0 Å². The lowest BCUT2D eigenvalue weighted by Crippen LogP contribution is -2.46. The van der Waals surface area contributed by atoms with Gasteiger partial charge in [-0.3, -0.25) is 9.59 Å². The van der Waals surface area contributed by atoms with Crippen LogP contribution in [0.3, 0.4) is 0 Å². The summed E-state index contributed by atoms with van der Waals surface area (Å²) in [6, 6.07) is -0.439. The van der Waals surface area contributed by atoms with Gasteiger partial charge in [0, 0.05) is 13.1 Å². The largest absolute Gasteiger partial charge is 0.355 e. The highest BCUT2D eigenvalue weighted by Crippen LogP contribution is 2.00. The summed E-state index contributed by atoms with van der Waals surface area (Å²) in [5, 5.41) is 19.5. The van der Waals surface area contributed by atoms with Gasteiger partial charge < -0.3 is 54.8 Å². The molecule has 0 aliphatic rings. The molecule has 2 atom stereocenters. The number of carbonyl (C=O) groups is 2. The van der Waals surface area contributed by atoms with E-state index in [9.17, 15) is 9.59 Å². The molecule has 0 spiro atoms. The second-order valence-corrected chi connectivity index (χ2v) is 9.66. The molecule has 0 saturated heterocycles. The molecule has 12 heteroatoms. The Balaban J connectivity index is 4.24. The van der Waals surface area contributed by atoms with Crippen LogP contribution in [-0.2, 0) is 9.59 Å². The third-order valence-corrected chi connectivity index (χ3v) is 6.19. The summed E-state index contributed by atoms with van der Waals surface area (Å²) in [6.07, 6.45) is 8.55. The smallest absolute Gasteiger partial charge is 0.237 e. The topological polar surface area (TPSA) is 210 Å². The van der Waals surface area contributed by atoms with Crippen molar-refractivity contribution in [2.75, 3.05) is 78.5 Å². The summed E-state index contributed by atoms with van der Waals surface area (Å²) in [5.41, 5.74) is 22.2. The number of hydrogen-bond donors (Lipinski definition) is 10. The molecule has 38 heavy (non-hydrogen) atoms. The molecule has 0 heterocycles. The van der Waals surface area contributed by atoms with Gasteiger partial charge in [0.05, 0.1) is 12.1 Å². The lowest BCUT2D eigenvalue weighted by molar-refractivity contribution is -0.124. The second kappa shape index (κ2) is 28.6. The molecule has 12 nitrogen and oxygen atoms in total. The monoisotopic (exact) mass is 544 g/mol. The van der Waals surface area contributed by atoms with E-state index in [0.29, 0.717) is 39.3 Å². The number of rotatable bonds is 29. The first-order valence-corrected chi connectivity index (χ1v) is 14.8. The van der Waals surface area contributed by atoms with Crippen LogP contribution >= 0.6 is 0 Å². The summed E-state index contributed by atoms with van der Waals surface area (Å²) in [6.45, 7) is 8.75. The maximum absolute atomic E-state index is 12.7. The normalized spacial score (nSPS) is 12.8. The van der Waals surface area contributed by atoms with Gasteiger partial charge in [0.15, 0.2) is 0 Å². The molecule has 0 rings (SSSR count). The van der Waals surface area contributed by atoms with E-state index in [-0.39, 0.29) is 23.9 Å². The standard InChI is InChI=1S/C26H60N10O2/c27-11-5-17-31-15-3-9-23(33-21-7-13-29)25(37)35-19-1-2-20-36-26(38)24(34-22-8-14-30)10-4-16-32-18-6-12-28/h23-24,31-34H,1-22,27-30H2,(H,35,37)(H,36,38). The van der Waals surface area contributed by atoms with Gasteiger partial charge in [0.2, 0.25) is 11.8 Å². The SMILES string of the molecule is NCCCNCCCC(NCCCN)C(=O)NCCCCNC(=O)C(CCCNCCCN)NCCCN. The van der Waals surface area contributed by atoms with Crippen molar-refractivity contribution in [1.82, 2.24) is 31.9 Å². The van der Waals surface area contributed by atoms with Gasteiger partial charge in [-0.25, -0.2) is 0 Å². The number of unbranched alkanes of at least 4 members (excludes halogenated alkanes) is 1. The van der Waals surface area contributed by atoms with E-state index >= 15 is 0 Å².